The Labute approximate surface area is 127 Å². The van der Waals surface area contributed by atoms with Gasteiger partial charge in [0.05, 0.1) is 0 Å². The Morgan fingerprint density at radius 1 is 1.45 bits per heavy atom. The molecular formula is C14H19BrN4O. The number of rotatable bonds is 6. The van der Waals surface area contributed by atoms with Gasteiger partial charge in [-0.15, -0.1) is 0 Å². The lowest BCUT2D eigenvalue weighted by molar-refractivity contribution is 0.284. The summed E-state index contributed by atoms with van der Waals surface area (Å²) in [7, 11) is 1.86. The molecule has 5 nitrogen and oxygen atoms in total. The van der Waals surface area contributed by atoms with Crippen LogP contribution in [0.5, 0.6) is 5.75 Å². The average Bonchev–Trinajstić information content (AvgIpc) is 2.82. The molecule has 0 aliphatic heterocycles. The second-order valence-electron chi connectivity index (χ2n) is 4.55. The maximum Gasteiger partial charge on any atom is 0.164 e. The van der Waals surface area contributed by atoms with Crippen molar-refractivity contribution in [1.29, 1.82) is 0 Å². The number of hydrogen-bond acceptors (Lipinski definition) is 4. The lowest BCUT2D eigenvalue weighted by atomic mass is 10.1. The Kier molecular flexibility index (Phi) is 5.14. The van der Waals surface area contributed by atoms with Gasteiger partial charge in [-0.3, -0.25) is 4.68 Å². The Morgan fingerprint density at radius 3 is 2.90 bits per heavy atom. The van der Waals surface area contributed by atoms with Gasteiger partial charge in [-0.1, -0.05) is 28.9 Å². The van der Waals surface area contributed by atoms with Crippen LogP contribution in [0, 0.1) is 0 Å². The molecule has 1 aromatic heterocycles. The van der Waals surface area contributed by atoms with Crippen molar-refractivity contribution in [2.45, 2.75) is 26.5 Å². The van der Waals surface area contributed by atoms with Gasteiger partial charge in [-0.2, -0.15) is 5.10 Å². The summed E-state index contributed by atoms with van der Waals surface area (Å²) >= 11 is 3.48. The van der Waals surface area contributed by atoms with E-state index in [4.69, 9.17) is 4.74 Å². The first-order valence-electron chi connectivity index (χ1n) is 6.60. The third-order valence-corrected chi connectivity index (χ3v) is 3.61. The quantitative estimate of drug-likeness (QED) is 0.879. The van der Waals surface area contributed by atoms with Crippen LogP contribution in [-0.2, 0) is 13.7 Å². The summed E-state index contributed by atoms with van der Waals surface area (Å²) in [5, 5.41) is 7.44. The summed E-state index contributed by atoms with van der Waals surface area (Å²) in [6.07, 6.45) is 1.53. The molecule has 0 fully saturated rings. The third kappa shape index (κ3) is 3.58. The van der Waals surface area contributed by atoms with Crippen LogP contribution >= 0.6 is 15.9 Å². The zero-order valence-electron chi connectivity index (χ0n) is 11.9. The normalized spacial score (nSPS) is 12.4. The van der Waals surface area contributed by atoms with E-state index in [0.29, 0.717) is 6.61 Å². The molecule has 0 saturated heterocycles. The first-order valence-corrected chi connectivity index (χ1v) is 7.39. The molecule has 1 heterocycles. The molecule has 2 rings (SSSR count). The van der Waals surface area contributed by atoms with Crippen LogP contribution in [0.25, 0.3) is 0 Å². The van der Waals surface area contributed by atoms with Crippen LogP contribution < -0.4 is 10.1 Å². The predicted octanol–water partition coefficient (Wildman–Crippen LogP) is 2.83. The van der Waals surface area contributed by atoms with Crippen LogP contribution in [0.1, 0.15) is 31.3 Å². The summed E-state index contributed by atoms with van der Waals surface area (Å²) in [6.45, 7) is 5.54. The van der Waals surface area contributed by atoms with E-state index in [1.54, 1.807) is 4.68 Å². The van der Waals surface area contributed by atoms with Gasteiger partial charge < -0.3 is 10.1 Å². The SMILES string of the molecule is CCNC(C)c1ccc(Br)cc1OCc1ncnn1C. The van der Waals surface area contributed by atoms with Gasteiger partial charge in [-0.25, -0.2) is 4.98 Å². The van der Waals surface area contributed by atoms with Crippen molar-refractivity contribution >= 4 is 15.9 Å². The van der Waals surface area contributed by atoms with Crippen molar-refractivity contribution < 1.29 is 4.74 Å². The minimum Gasteiger partial charge on any atom is -0.485 e. The summed E-state index contributed by atoms with van der Waals surface area (Å²) in [6, 6.07) is 6.32. The van der Waals surface area contributed by atoms with Crippen LogP contribution in [0.4, 0.5) is 0 Å². The van der Waals surface area contributed by atoms with E-state index in [2.05, 4.69) is 51.2 Å². The average molecular weight is 339 g/mol. The molecule has 108 valence electrons. The summed E-state index contributed by atoms with van der Waals surface area (Å²) in [5.41, 5.74) is 1.14. The Morgan fingerprint density at radius 2 is 2.25 bits per heavy atom. The van der Waals surface area contributed by atoms with Gasteiger partial charge in [0.1, 0.15) is 18.7 Å². The van der Waals surface area contributed by atoms with Crippen LogP contribution in [0.15, 0.2) is 29.0 Å². The van der Waals surface area contributed by atoms with Crippen LogP contribution in [0.2, 0.25) is 0 Å². The van der Waals surface area contributed by atoms with Gasteiger partial charge in [0.15, 0.2) is 5.82 Å². The molecule has 0 aliphatic rings. The molecule has 0 amide bonds. The molecule has 6 heteroatoms. The van der Waals surface area contributed by atoms with Crippen molar-refractivity contribution in [2.75, 3.05) is 6.54 Å². The van der Waals surface area contributed by atoms with E-state index in [0.717, 1.165) is 28.2 Å². The zero-order chi connectivity index (χ0) is 14.5. The lowest BCUT2D eigenvalue weighted by Crippen LogP contribution is -2.18. The first kappa shape index (κ1) is 15.0. The standard InChI is InChI=1S/C14H19BrN4O/c1-4-16-10(2)12-6-5-11(15)7-13(12)20-8-14-17-9-18-19(14)3/h5-7,9-10,16H,4,8H2,1-3H3. The molecule has 0 radical (unpaired) electrons. The first-order chi connectivity index (χ1) is 9.61. The van der Waals surface area contributed by atoms with Gasteiger partial charge in [0, 0.05) is 23.1 Å². The maximum absolute atomic E-state index is 5.92. The number of halogens is 1. The van der Waals surface area contributed by atoms with E-state index < -0.39 is 0 Å². The second-order valence-corrected chi connectivity index (χ2v) is 5.47. The fourth-order valence-corrected chi connectivity index (χ4v) is 2.34. The number of benzene rings is 1. The number of aromatic nitrogens is 3. The zero-order valence-corrected chi connectivity index (χ0v) is 13.5. The molecule has 2 aromatic rings. The Bertz CT molecular complexity index is 570. The van der Waals surface area contributed by atoms with Crippen molar-refractivity contribution in [3.63, 3.8) is 0 Å². The molecule has 0 aliphatic carbocycles. The molecule has 1 aromatic carbocycles. The van der Waals surface area contributed by atoms with Crippen molar-refractivity contribution in [1.82, 2.24) is 20.1 Å². The van der Waals surface area contributed by atoms with Gasteiger partial charge in [0.25, 0.3) is 0 Å². The third-order valence-electron chi connectivity index (χ3n) is 3.11. The van der Waals surface area contributed by atoms with Crippen molar-refractivity contribution in [2.24, 2.45) is 7.05 Å². The van der Waals surface area contributed by atoms with E-state index >= 15 is 0 Å². The smallest absolute Gasteiger partial charge is 0.164 e. The van der Waals surface area contributed by atoms with E-state index in [1.807, 2.05) is 19.2 Å². The lowest BCUT2D eigenvalue weighted by Gasteiger charge is -2.18. The van der Waals surface area contributed by atoms with Crippen molar-refractivity contribution in [3.05, 3.63) is 40.4 Å². The number of nitrogens with zero attached hydrogens (tertiary/aromatic N) is 3. The summed E-state index contributed by atoms with van der Waals surface area (Å²) in [4.78, 5) is 4.16. The molecule has 0 spiro atoms. The van der Waals surface area contributed by atoms with Crippen LogP contribution in [0.3, 0.4) is 0 Å². The molecular weight excluding hydrogens is 320 g/mol. The van der Waals surface area contributed by atoms with Gasteiger partial charge in [0.2, 0.25) is 0 Å². The van der Waals surface area contributed by atoms with Crippen molar-refractivity contribution in [3.8, 4) is 5.75 Å². The topological polar surface area (TPSA) is 52.0 Å². The molecule has 1 unspecified atom stereocenters. The fourth-order valence-electron chi connectivity index (χ4n) is 2.00. The minimum atomic E-state index is 0.239. The number of hydrogen-bond donors (Lipinski definition) is 1. The molecule has 1 N–H and O–H groups in total. The largest absolute Gasteiger partial charge is 0.485 e. The molecule has 0 bridgehead atoms. The van der Waals surface area contributed by atoms with E-state index in [-0.39, 0.29) is 6.04 Å². The molecule has 0 saturated carbocycles. The highest BCUT2D eigenvalue weighted by atomic mass is 79.9. The summed E-state index contributed by atoms with van der Waals surface area (Å²) in [5.74, 6) is 1.66. The Hall–Kier alpha value is -1.40. The minimum absolute atomic E-state index is 0.239. The van der Waals surface area contributed by atoms with E-state index in [1.165, 1.54) is 6.33 Å². The maximum atomic E-state index is 5.92. The van der Waals surface area contributed by atoms with Gasteiger partial charge in [-0.05, 0) is 25.6 Å². The fraction of sp³-hybridized carbons (Fsp3) is 0.429. The highest BCUT2D eigenvalue weighted by molar-refractivity contribution is 9.10. The number of nitrogens with one attached hydrogen (secondary N) is 1. The second kappa shape index (κ2) is 6.85. The predicted molar refractivity (Wildman–Crippen MR) is 81.6 cm³/mol. The number of ether oxygens (including phenoxy) is 1. The Balaban J connectivity index is 2.17. The molecule has 20 heavy (non-hydrogen) atoms. The van der Waals surface area contributed by atoms with Gasteiger partial charge >= 0.3 is 0 Å². The molecule has 1 atom stereocenters. The highest BCUT2D eigenvalue weighted by Crippen LogP contribution is 2.29. The van der Waals surface area contributed by atoms with E-state index in [9.17, 15) is 0 Å². The van der Waals surface area contributed by atoms with Crippen LogP contribution in [-0.4, -0.2) is 21.3 Å². The number of aryl methyl sites for hydroxylation is 1. The summed E-state index contributed by atoms with van der Waals surface area (Å²) < 4.78 is 8.63. The highest BCUT2D eigenvalue weighted by Gasteiger charge is 2.12. The monoisotopic (exact) mass is 338 g/mol.